The van der Waals surface area contributed by atoms with Crippen LogP contribution in [-0.4, -0.2) is 22.0 Å². The summed E-state index contributed by atoms with van der Waals surface area (Å²) >= 11 is 5.97. The lowest BCUT2D eigenvalue weighted by Crippen LogP contribution is -2.07. The van der Waals surface area contributed by atoms with Gasteiger partial charge in [0, 0.05) is 6.20 Å². The lowest BCUT2D eigenvalue weighted by atomic mass is 10.3. The van der Waals surface area contributed by atoms with Gasteiger partial charge in [-0.05, 0) is 19.1 Å². The van der Waals surface area contributed by atoms with Crippen molar-refractivity contribution in [3.63, 3.8) is 0 Å². The molecule has 0 saturated carbocycles. The Bertz CT molecular complexity index is 522. The Morgan fingerprint density at radius 1 is 1.56 bits per heavy atom. The molecule has 0 saturated heterocycles. The Morgan fingerprint density at radius 3 is 3.06 bits per heavy atom. The Labute approximate surface area is 97.8 Å². The molecule has 2 rings (SSSR count). The number of aromatic nitrogens is 2. The zero-order chi connectivity index (χ0) is 11.5. The van der Waals surface area contributed by atoms with E-state index in [9.17, 15) is 4.79 Å². The maximum Gasteiger partial charge on any atom is 0.311 e. The molecule has 0 aliphatic rings. The summed E-state index contributed by atoms with van der Waals surface area (Å²) in [6.45, 7) is 2.16. The molecule has 0 aliphatic carbocycles. The predicted molar refractivity (Wildman–Crippen MR) is 60.5 cm³/mol. The normalized spacial score (nSPS) is 10.6. The van der Waals surface area contributed by atoms with Crippen molar-refractivity contribution in [3.8, 4) is 0 Å². The third kappa shape index (κ3) is 2.17. The van der Waals surface area contributed by atoms with Crippen LogP contribution in [0.1, 0.15) is 12.6 Å². The van der Waals surface area contributed by atoms with Gasteiger partial charge >= 0.3 is 5.97 Å². The van der Waals surface area contributed by atoms with Gasteiger partial charge in [0.15, 0.2) is 0 Å². The van der Waals surface area contributed by atoms with E-state index in [1.165, 1.54) is 0 Å². The highest BCUT2D eigenvalue weighted by Crippen LogP contribution is 2.13. The Morgan fingerprint density at radius 2 is 2.38 bits per heavy atom. The van der Waals surface area contributed by atoms with Crippen molar-refractivity contribution in [2.75, 3.05) is 6.61 Å². The van der Waals surface area contributed by atoms with Crippen LogP contribution >= 0.6 is 11.6 Å². The molecule has 4 nitrogen and oxygen atoms in total. The molecule has 5 heteroatoms. The summed E-state index contributed by atoms with van der Waals surface area (Å²) in [4.78, 5) is 15.5. The Balaban J connectivity index is 2.26. The molecule has 0 radical (unpaired) electrons. The van der Waals surface area contributed by atoms with Crippen molar-refractivity contribution < 1.29 is 9.53 Å². The van der Waals surface area contributed by atoms with Crippen LogP contribution in [0.15, 0.2) is 24.4 Å². The van der Waals surface area contributed by atoms with Crippen LogP contribution in [0.25, 0.3) is 5.65 Å². The quantitative estimate of drug-likeness (QED) is 0.608. The van der Waals surface area contributed by atoms with Gasteiger partial charge in [0.05, 0.1) is 18.7 Å². The smallest absolute Gasteiger partial charge is 0.311 e. The maximum absolute atomic E-state index is 11.3. The number of carbonyl (C=O) groups is 1. The number of ether oxygens (including phenoxy) is 1. The molecule has 0 aromatic carbocycles. The number of hydrogen-bond acceptors (Lipinski definition) is 3. The summed E-state index contributed by atoms with van der Waals surface area (Å²) < 4.78 is 6.58. The third-order valence-electron chi connectivity index (χ3n) is 2.12. The zero-order valence-electron chi connectivity index (χ0n) is 8.81. The van der Waals surface area contributed by atoms with Gasteiger partial charge < -0.3 is 4.74 Å². The maximum atomic E-state index is 11.3. The molecule has 2 aromatic rings. The van der Waals surface area contributed by atoms with Gasteiger partial charge in [-0.1, -0.05) is 17.7 Å². The van der Waals surface area contributed by atoms with Gasteiger partial charge in [0.2, 0.25) is 0 Å². The number of esters is 1. The summed E-state index contributed by atoms with van der Waals surface area (Å²) in [7, 11) is 0. The van der Waals surface area contributed by atoms with Crippen molar-refractivity contribution in [2.24, 2.45) is 0 Å². The Kier molecular flexibility index (Phi) is 3.10. The third-order valence-corrected chi connectivity index (χ3v) is 2.43. The lowest BCUT2D eigenvalue weighted by molar-refractivity contribution is -0.142. The van der Waals surface area contributed by atoms with E-state index >= 15 is 0 Å². The van der Waals surface area contributed by atoms with Gasteiger partial charge in [-0.2, -0.15) is 0 Å². The zero-order valence-corrected chi connectivity index (χ0v) is 9.57. The second kappa shape index (κ2) is 4.53. The highest BCUT2D eigenvalue weighted by molar-refractivity contribution is 6.29. The fourth-order valence-corrected chi connectivity index (χ4v) is 1.68. The van der Waals surface area contributed by atoms with Crippen molar-refractivity contribution in [3.05, 3.63) is 35.2 Å². The van der Waals surface area contributed by atoms with E-state index in [2.05, 4.69) is 4.98 Å². The highest BCUT2D eigenvalue weighted by atomic mass is 35.5. The predicted octanol–water partition coefficient (Wildman–Crippen LogP) is 2.09. The first-order chi connectivity index (χ1) is 7.70. The van der Waals surface area contributed by atoms with Crippen LogP contribution in [0.4, 0.5) is 0 Å². The molecular weight excluding hydrogens is 228 g/mol. The molecular formula is C11H11ClN2O2. The van der Waals surface area contributed by atoms with Crippen molar-refractivity contribution >= 4 is 23.2 Å². The van der Waals surface area contributed by atoms with E-state index < -0.39 is 0 Å². The lowest BCUT2D eigenvalue weighted by Gasteiger charge is -1.97. The molecule has 2 aromatic heterocycles. The van der Waals surface area contributed by atoms with Crippen LogP contribution in [0.5, 0.6) is 0 Å². The molecule has 2 heterocycles. The van der Waals surface area contributed by atoms with Crippen LogP contribution in [-0.2, 0) is 16.0 Å². The molecule has 0 fully saturated rings. The van der Waals surface area contributed by atoms with Gasteiger partial charge in [-0.3, -0.25) is 9.20 Å². The molecule has 16 heavy (non-hydrogen) atoms. The Hall–Kier alpha value is -1.55. The van der Waals surface area contributed by atoms with Crippen molar-refractivity contribution in [2.45, 2.75) is 13.3 Å². The summed E-state index contributed by atoms with van der Waals surface area (Å²) in [6, 6.07) is 5.42. The van der Waals surface area contributed by atoms with Crippen LogP contribution in [0.3, 0.4) is 0 Å². The molecule has 0 bridgehead atoms. The molecule has 0 aliphatic heterocycles. The number of imidazole rings is 1. The minimum Gasteiger partial charge on any atom is -0.466 e. The number of fused-ring (bicyclic) bond motifs is 1. The van der Waals surface area contributed by atoms with E-state index in [4.69, 9.17) is 16.3 Å². The van der Waals surface area contributed by atoms with Gasteiger partial charge in [0.1, 0.15) is 10.8 Å². The monoisotopic (exact) mass is 238 g/mol. The number of rotatable bonds is 3. The number of carbonyl (C=O) groups excluding carboxylic acids is 1. The number of hydrogen-bond donors (Lipinski definition) is 0. The summed E-state index contributed by atoms with van der Waals surface area (Å²) in [5, 5.41) is 0.570. The number of pyridine rings is 1. The van der Waals surface area contributed by atoms with Crippen molar-refractivity contribution in [1.82, 2.24) is 9.38 Å². The van der Waals surface area contributed by atoms with E-state index in [1.54, 1.807) is 23.6 Å². The van der Waals surface area contributed by atoms with Crippen LogP contribution in [0.2, 0.25) is 5.15 Å². The largest absolute Gasteiger partial charge is 0.466 e. The SMILES string of the molecule is CCOC(=O)Cc1cn2c(Cl)cccc2n1. The fourth-order valence-electron chi connectivity index (χ4n) is 1.47. The average molecular weight is 239 g/mol. The summed E-state index contributed by atoms with van der Waals surface area (Å²) in [6.07, 6.45) is 1.92. The van der Waals surface area contributed by atoms with Gasteiger partial charge in [0.25, 0.3) is 0 Å². The number of nitrogens with zero attached hydrogens (tertiary/aromatic N) is 2. The fraction of sp³-hybridized carbons (Fsp3) is 0.273. The first-order valence-electron chi connectivity index (χ1n) is 4.99. The van der Waals surface area contributed by atoms with E-state index in [0.717, 1.165) is 5.65 Å². The van der Waals surface area contributed by atoms with Gasteiger partial charge in [-0.25, -0.2) is 4.98 Å². The van der Waals surface area contributed by atoms with Gasteiger partial charge in [-0.15, -0.1) is 0 Å². The molecule has 0 unspecified atom stereocenters. The molecule has 0 amide bonds. The van der Waals surface area contributed by atoms with Crippen LogP contribution < -0.4 is 0 Å². The standard InChI is InChI=1S/C11H11ClN2O2/c1-2-16-11(15)6-8-7-14-9(12)4-3-5-10(14)13-8/h3-5,7H,2,6H2,1H3. The first-order valence-corrected chi connectivity index (χ1v) is 5.36. The van der Waals surface area contributed by atoms with E-state index in [0.29, 0.717) is 17.5 Å². The molecule has 0 N–H and O–H groups in total. The number of halogens is 1. The van der Waals surface area contributed by atoms with E-state index in [-0.39, 0.29) is 12.4 Å². The summed E-state index contributed by atoms with van der Waals surface area (Å²) in [5.41, 5.74) is 1.39. The average Bonchev–Trinajstić information content (AvgIpc) is 2.62. The topological polar surface area (TPSA) is 43.6 Å². The molecule has 84 valence electrons. The second-order valence-electron chi connectivity index (χ2n) is 3.29. The van der Waals surface area contributed by atoms with E-state index in [1.807, 2.05) is 12.1 Å². The minimum atomic E-state index is -0.276. The molecule has 0 atom stereocenters. The minimum absolute atomic E-state index is 0.172. The van der Waals surface area contributed by atoms with Crippen LogP contribution in [0, 0.1) is 0 Å². The molecule has 0 spiro atoms. The second-order valence-corrected chi connectivity index (χ2v) is 3.68. The first kappa shape index (κ1) is 11.0. The van der Waals surface area contributed by atoms with Crippen molar-refractivity contribution in [1.29, 1.82) is 0 Å². The highest BCUT2D eigenvalue weighted by Gasteiger charge is 2.09. The summed E-state index contributed by atoms with van der Waals surface area (Å²) in [5.74, 6) is -0.276.